The SMILES string of the molecule is O=C(NCCn1cnc2cc(-c3noc(CCC4CCCC4)n3)ccc21)c1cccc(Br)c1. The van der Waals surface area contributed by atoms with E-state index in [2.05, 4.69) is 36.4 Å². The first kappa shape index (κ1) is 21.8. The highest BCUT2D eigenvalue weighted by atomic mass is 79.9. The van der Waals surface area contributed by atoms with Crippen molar-refractivity contribution in [2.45, 2.75) is 45.1 Å². The first-order valence-corrected chi connectivity index (χ1v) is 12.3. The third kappa shape index (κ3) is 5.16. The molecule has 1 N–H and O–H groups in total. The molecule has 0 radical (unpaired) electrons. The molecule has 170 valence electrons. The molecule has 2 aromatic carbocycles. The molecule has 2 heterocycles. The summed E-state index contributed by atoms with van der Waals surface area (Å²) in [4.78, 5) is 21.5. The maximum atomic E-state index is 12.3. The van der Waals surface area contributed by atoms with Gasteiger partial charge in [0.1, 0.15) is 0 Å². The number of hydrogen-bond donors (Lipinski definition) is 1. The average Bonchev–Trinajstić information content (AvgIpc) is 3.58. The van der Waals surface area contributed by atoms with Crippen LogP contribution in [0.2, 0.25) is 0 Å². The van der Waals surface area contributed by atoms with E-state index in [1.54, 1.807) is 12.4 Å². The highest BCUT2D eigenvalue weighted by Crippen LogP contribution is 2.29. The molecule has 2 aromatic heterocycles. The quantitative estimate of drug-likeness (QED) is 0.345. The largest absolute Gasteiger partial charge is 0.350 e. The smallest absolute Gasteiger partial charge is 0.251 e. The Labute approximate surface area is 200 Å². The number of carbonyl (C=O) groups excluding carboxylic acids is 1. The van der Waals surface area contributed by atoms with E-state index in [0.717, 1.165) is 39.8 Å². The summed E-state index contributed by atoms with van der Waals surface area (Å²) in [6, 6.07) is 13.3. The van der Waals surface area contributed by atoms with Crippen LogP contribution < -0.4 is 5.32 Å². The molecule has 8 heteroatoms. The van der Waals surface area contributed by atoms with Crippen LogP contribution in [-0.2, 0) is 13.0 Å². The monoisotopic (exact) mass is 507 g/mol. The summed E-state index contributed by atoms with van der Waals surface area (Å²) < 4.78 is 8.40. The Morgan fingerprint density at radius 3 is 2.91 bits per heavy atom. The zero-order valence-electron chi connectivity index (χ0n) is 18.3. The molecule has 1 saturated carbocycles. The zero-order valence-corrected chi connectivity index (χ0v) is 19.9. The topological polar surface area (TPSA) is 85.8 Å². The number of aromatic nitrogens is 4. The van der Waals surface area contributed by atoms with E-state index in [1.807, 2.05) is 41.0 Å². The summed E-state index contributed by atoms with van der Waals surface area (Å²) in [5.41, 5.74) is 3.39. The highest BCUT2D eigenvalue weighted by molar-refractivity contribution is 9.10. The summed E-state index contributed by atoms with van der Waals surface area (Å²) in [5.74, 6) is 2.03. The van der Waals surface area contributed by atoms with Crippen molar-refractivity contribution in [3.05, 3.63) is 64.7 Å². The Bertz CT molecular complexity index is 1260. The van der Waals surface area contributed by atoms with Crippen molar-refractivity contribution < 1.29 is 9.32 Å². The van der Waals surface area contributed by atoms with E-state index in [1.165, 1.54) is 25.7 Å². The van der Waals surface area contributed by atoms with Crippen molar-refractivity contribution in [3.8, 4) is 11.4 Å². The molecule has 5 rings (SSSR count). The first-order valence-electron chi connectivity index (χ1n) is 11.5. The van der Waals surface area contributed by atoms with E-state index in [4.69, 9.17) is 4.52 Å². The molecular weight excluding hydrogens is 482 g/mol. The average molecular weight is 508 g/mol. The van der Waals surface area contributed by atoms with Crippen LogP contribution in [0.15, 0.2) is 57.8 Å². The first-order chi connectivity index (χ1) is 16.2. The third-order valence-corrected chi connectivity index (χ3v) is 6.81. The minimum atomic E-state index is -0.0937. The van der Waals surface area contributed by atoms with Gasteiger partial charge in [0, 0.05) is 35.1 Å². The van der Waals surface area contributed by atoms with Gasteiger partial charge in [0.2, 0.25) is 11.7 Å². The number of carbonyl (C=O) groups is 1. The molecule has 0 spiro atoms. The standard InChI is InChI=1S/C25H26BrN5O2/c26-20-7-3-6-19(14-20)25(32)27-12-13-31-16-28-21-15-18(9-10-22(21)31)24-29-23(33-30-24)11-8-17-4-1-2-5-17/h3,6-7,9-10,14-17H,1-2,4-5,8,11-13H2,(H,27,32). The lowest BCUT2D eigenvalue weighted by atomic mass is 10.0. The fourth-order valence-electron chi connectivity index (χ4n) is 4.50. The number of rotatable bonds is 8. The fraction of sp³-hybridized carbons (Fsp3) is 0.360. The Kier molecular flexibility index (Phi) is 6.53. The molecule has 0 unspecified atom stereocenters. The molecule has 1 aliphatic rings. The summed E-state index contributed by atoms with van der Waals surface area (Å²) in [6.45, 7) is 1.14. The normalized spacial score (nSPS) is 14.2. The third-order valence-electron chi connectivity index (χ3n) is 6.31. The van der Waals surface area contributed by atoms with Crippen LogP contribution >= 0.6 is 15.9 Å². The van der Waals surface area contributed by atoms with Crippen LogP contribution in [-0.4, -0.2) is 32.1 Å². The van der Waals surface area contributed by atoms with E-state index in [0.29, 0.717) is 30.4 Å². The van der Waals surface area contributed by atoms with Crippen molar-refractivity contribution in [2.24, 2.45) is 5.92 Å². The van der Waals surface area contributed by atoms with Gasteiger partial charge in [-0.05, 0) is 48.7 Å². The van der Waals surface area contributed by atoms with Crippen LogP contribution in [0.3, 0.4) is 0 Å². The Balaban J connectivity index is 1.20. The van der Waals surface area contributed by atoms with Gasteiger partial charge in [0.25, 0.3) is 5.91 Å². The van der Waals surface area contributed by atoms with Crippen LogP contribution in [0, 0.1) is 5.92 Å². The van der Waals surface area contributed by atoms with Gasteiger partial charge in [-0.25, -0.2) is 4.98 Å². The van der Waals surface area contributed by atoms with Crippen molar-refractivity contribution >= 4 is 32.9 Å². The second kappa shape index (κ2) is 9.87. The second-order valence-corrected chi connectivity index (χ2v) is 9.52. The van der Waals surface area contributed by atoms with Crippen molar-refractivity contribution in [3.63, 3.8) is 0 Å². The summed E-state index contributed by atoms with van der Waals surface area (Å²) in [5, 5.41) is 7.14. The fourth-order valence-corrected chi connectivity index (χ4v) is 4.90. The van der Waals surface area contributed by atoms with Crippen LogP contribution in [0.1, 0.15) is 48.4 Å². The van der Waals surface area contributed by atoms with Crippen LogP contribution in [0.4, 0.5) is 0 Å². The second-order valence-electron chi connectivity index (χ2n) is 8.61. The lowest BCUT2D eigenvalue weighted by Crippen LogP contribution is -2.27. The predicted octanol–water partition coefficient (Wildman–Crippen LogP) is 5.40. The van der Waals surface area contributed by atoms with E-state index in [9.17, 15) is 4.79 Å². The van der Waals surface area contributed by atoms with Gasteiger partial charge in [0.15, 0.2) is 0 Å². The van der Waals surface area contributed by atoms with Gasteiger partial charge < -0.3 is 14.4 Å². The molecule has 0 atom stereocenters. The Morgan fingerprint density at radius 2 is 2.06 bits per heavy atom. The molecule has 0 bridgehead atoms. The Morgan fingerprint density at radius 1 is 1.18 bits per heavy atom. The van der Waals surface area contributed by atoms with Crippen molar-refractivity contribution in [1.82, 2.24) is 25.0 Å². The maximum Gasteiger partial charge on any atom is 0.251 e. The van der Waals surface area contributed by atoms with Gasteiger partial charge in [-0.2, -0.15) is 4.98 Å². The molecule has 1 aliphatic carbocycles. The zero-order chi connectivity index (χ0) is 22.6. The molecule has 0 saturated heterocycles. The number of nitrogens with one attached hydrogen (secondary N) is 1. The van der Waals surface area contributed by atoms with Crippen molar-refractivity contribution in [2.75, 3.05) is 6.54 Å². The molecule has 33 heavy (non-hydrogen) atoms. The minimum Gasteiger partial charge on any atom is -0.350 e. The van der Waals surface area contributed by atoms with Crippen molar-refractivity contribution in [1.29, 1.82) is 0 Å². The van der Waals surface area contributed by atoms with E-state index < -0.39 is 0 Å². The van der Waals surface area contributed by atoms with Gasteiger partial charge in [-0.1, -0.05) is 52.8 Å². The van der Waals surface area contributed by atoms with E-state index in [-0.39, 0.29) is 5.91 Å². The number of hydrogen-bond acceptors (Lipinski definition) is 5. The minimum absolute atomic E-state index is 0.0937. The lowest BCUT2D eigenvalue weighted by Gasteiger charge is -2.07. The number of aryl methyl sites for hydroxylation is 1. The van der Waals surface area contributed by atoms with Gasteiger partial charge in [-0.15, -0.1) is 0 Å². The van der Waals surface area contributed by atoms with Gasteiger partial charge in [-0.3, -0.25) is 4.79 Å². The molecule has 1 fully saturated rings. The van der Waals surface area contributed by atoms with Crippen LogP contribution in [0.25, 0.3) is 22.4 Å². The van der Waals surface area contributed by atoms with Gasteiger partial charge >= 0.3 is 0 Å². The molecule has 7 nitrogen and oxygen atoms in total. The molecule has 1 amide bonds. The summed E-state index contributed by atoms with van der Waals surface area (Å²) in [6.07, 6.45) is 9.13. The summed E-state index contributed by atoms with van der Waals surface area (Å²) >= 11 is 3.40. The number of nitrogens with zero attached hydrogens (tertiary/aromatic N) is 4. The maximum absolute atomic E-state index is 12.3. The summed E-state index contributed by atoms with van der Waals surface area (Å²) in [7, 11) is 0. The number of fused-ring (bicyclic) bond motifs is 1. The lowest BCUT2D eigenvalue weighted by molar-refractivity contribution is 0.0952. The Hall–Kier alpha value is -3.00. The number of benzene rings is 2. The predicted molar refractivity (Wildman–Crippen MR) is 130 cm³/mol. The molecule has 4 aromatic rings. The molecule has 0 aliphatic heterocycles. The van der Waals surface area contributed by atoms with Gasteiger partial charge in [0.05, 0.1) is 17.4 Å². The number of imidazole rings is 1. The highest BCUT2D eigenvalue weighted by Gasteiger charge is 2.17. The molecular formula is C25H26BrN5O2. The number of halogens is 1. The van der Waals surface area contributed by atoms with E-state index >= 15 is 0 Å². The van der Waals surface area contributed by atoms with Crippen LogP contribution in [0.5, 0.6) is 0 Å². The number of amides is 1.